The molecule has 0 aliphatic carbocycles. The molecule has 1 heterocycles. The van der Waals surface area contributed by atoms with Crippen molar-refractivity contribution < 1.29 is 23.8 Å². The summed E-state index contributed by atoms with van der Waals surface area (Å²) in [6.45, 7) is 5.46. The fourth-order valence-electron chi connectivity index (χ4n) is 2.58. The van der Waals surface area contributed by atoms with Crippen LogP contribution < -0.4 is 4.74 Å². The van der Waals surface area contributed by atoms with Crippen molar-refractivity contribution in [3.63, 3.8) is 0 Å². The molecule has 0 unspecified atom stereocenters. The molecule has 140 valence electrons. The van der Waals surface area contributed by atoms with Gasteiger partial charge in [-0.3, -0.25) is 4.79 Å². The van der Waals surface area contributed by atoms with Gasteiger partial charge in [-0.15, -0.1) is 0 Å². The molecule has 0 radical (unpaired) electrons. The summed E-state index contributed by atoms with van der Waals surface area (Å²) in [5, 5.41) is 0. The average molecular weight is 359 g/mol. The molecular formula is C20H25NO5. The highest BCUT2D eigenvalue weighted by atomic mass is 16.6. The van der Waals surface area contributed by atoms with E-state index in [1.165, 1.54) is 7.11 Å². The molecule has 6 nitrogen and oxygen atoms in total. The van der Waals surface area contributed by atoms with Crippen molar-refractivity contribution in [3.8, 4) is 16.9 Å². The Hall–Kier alpha value is -2.76. The van der Waals surface area contributed by atoms with E-state index in [9.17, 15) is 9.59 Å². The number of esters is 2. The highest BCUT2D eigenvalue weighted by Gasteiger charge is 2.24. The van der Waals surface area contributed by atoms with Crippen molar-refractivity contribution in [1.82, 2.24) is 4.98 Å². The fraction of sp³-hybridized carbons (Fsp3) is 0.400. The quantitative estimate of drug-likeness (QED) is 0.795. The van der Waals surface area contributed by atoms with Gasteiger partial charge in [-0.05, 0) is 50.5 Å². The molecular weight excluding hydrogens is 334 g/mol. The second kappa shape index (κ2) is 8.08. The summed E-state index contributed by atoms with van der Waals surface area (Å²) in [5.74, 6) is -0.0162. The Morgan fingerprint density at radius 3 is 2.27 bits per heavy atom. The average Bonchev–Trinajstić information content (AvgIpc) is 3.02. The van der Waals surface area contributed by atoms with Crippen LogP contribution >= 0.6 is 0 Å². The Morgan fingerprint density at radius 2 is 1.73 bits per heavy atom. The molecule has 1 aromatic carbocycles. The zero-order valence-corrected chi connectivity index (χ0v) is 15.8. The Labute approximate surface area is 153 Å². The minimum Gasteiger partial charge on any atom is -0.497 e. The zero-order chi connectivity index (χ0) is 19.3. The van der Waals surface area contributed by atoms with Crippen LogP contribution in [0.15, 0.2) is 30.5 Å². The number of ether oxygens (including phenoxy) is 3. The van der Waals surface area contributed by atoms with Crippen molar-refractivity contribution in [2.75, 3.05) is 14.2 Å². The number of carbonyl (C=O) groups is 2. The lowest BCUT2D eigenvalue weighted by Crippen LogP contribution is -2.24. The molecule has 2 aromatic rings. The first kappa shape index (κ1) is 19.6. The summed E-state index contributed by atoms with van der Waals surface area (Å²) >= 11 is 0. The summed E-state index contributed by atoms with van der Waals surface area (Å²) in [6, 6.07) is 7.39. The monoisotopic (exact) mass is 359 g/mol. The Morgan fingerprint density at radius 1 is 1.08 bits per heavy atom. The van der Waals surface area contributed by atoms with E-state index in [2.05, 4.69) is 4.98 Å². The first-order chi connectivity index (χ1) is 12.2. The highest BCUT2D eigenvalue weighted by Crippen LogP contribution is 2.31. The van der Waals surface area contributed by atoms with Crippen LogP contribution in [-0.2, 0) is 20.7 Å². The van der Waals surface area contributed by atoms with Crippen molar-refractivity contribution in [3.05, 3.63) is 41.7 Å². The molecule has 1 N–H and O–H groups in total. The minimum absolute atomic E-state index is 0.227. The molecule has 0 saturated heterocycles. The number of aryl methyl sites for hydroxylation is 1. The van der Waals surface area contributed by atoms with Gasteiger partial charge in [-0.25, -0.2) is 4.79 Å². The molecule has 0 aliphatic rings. The first-order valence-corrected chi connectivity index (χ1v) is 8.40. The maximum absolute atomic E-state index is 12.6. The van der Waals surface area contributed by atoms with Crippen molar-refractivity contribution in [2.24, 2.45) is 0 Å². The molecule has 0 fully saturated rings. The number of hydrogen-bond acceptors (Lipinski definition) is 5. The van der Waals surface area contributed by atoms with Gasteiger partial charge in [0.05, 0.1) is 14.2 Å². The number of methoxy groups -OCH3 is 2. The molecule has 0 aliphatic heterocycles. The van der Waals surface area contributed by atoms with E-state index < -0.39 is 11.6 Å². The molecule has 6 heteroatoms. The van der Waals surface area contributed by atoms with Crippen LogP contribution in [-0.4, -0.2) is 36.7 Å². The Kier molecular flexibility index (Phi) is 6.08. The summed E-state index contributed by atoms with van der Waals surface area (Å²) in [5.41, 5.74) is 2.18. The van der Waals surface area contributed by atoms with Gasteiger partial charge in [-0.2, -0.15) is 0 Å². The lowest BCUT2D eigenvalue weighted by molar-refractivity contribution is -0.140. The third-order valence-corrected chi connectivity index (χ3v) is 3.77. The predicted octanol–water partition coefficient (Wildman–Crippen LogP) is 3.75. The van der Waals surface area contributed by atoms with E-state index >= 15 is 0 Å². The number of nitrogens with one attached hydrogen (secondary N) is 1. The normalized spacial score (nSPS) is 11.1. The van der Waals surface area contributed by atoms with E-state index in [1.54, 1.807) is 13.3 Å². The van der Waals surface area contributed by atoms with E-state index in [-0.39, 0.29) is 12.4 Å². The zero-order valence-electron chi connectivity index (χ0n) is 15.8. The number of aromatic nitrogens is 1. The molecule has 26 heavy (non-hydrogen) atoms. The lowest BCUT2D eigenvalue weighted by atomic mass is 9.98. The number of hydrogen-bond donors (Lipinski definition) is 1. The van der Waals surface area contributed by atoms with Crippen LogP contribution in [0.3, 0.4) is 0 Å². The number of rotatable bonds is 6. The molecule has 0 saturated carbocycles. The molecule has 0 spiro atoms. The predicted molar refractivity (Wildman–Crippen MR) is 98.3 cm³/mol. The van der Waals surface area contributed by atoms with Crippen LogP contribution in [0, 0.1) is 0 Å². The molecule has 0 bridgehead atoms. The number of carbonyl (C=O) groups excluding carboxylic acids is 2. The van der Waals surface area contributed by atoms with Gasteiger partial charge in [0.1, 0.15) is 17.0 Å². The SMILES string of the molecule is COC(=O)CCc1c[nH]c(C(=O)OC(C)(C)C)c1-c1ccc(OC)cc1. The topological polar surface area (TPSA) is 77.6 Å². The fourth-order valence-corrected chi connectivity index (χ4v) is 2.58. The number of H-pyrrole nitrogens is 1. The third-order valence-electron chi connectivity index (χ3n) is 3.77. The largest absolute Gasteiger partial charge is 0.497 e. The van der Waals surface area contributed by atoms with E-state index in [0.717, 1.165) is 22.4 Å². The maximum atomic E-state index is 12.6. The standard InChI is InChI=1S/C20H25NO5/c1-20(2,3)26-19(23)18-17(13-6-9-15(24-4)10-7-13)14(12-21-18)8-11-16(22)25-5/h6-7,9-10,12,21H,8,11H2,1-5H3. The van der Waals surface area contributed by atoms with Crippen molar-refractivity contribution >= 4 is 11.9 Å². The van der Waals surface area contributed by atoms with Gasteiger partial charge in [0.2, 0.25) is 0 Å². The third kappa shape index (κ3) is 4.88. The highest BCUT2D eigenvalue weighted by molar-refractivity contribution is 5.97. The van der Waals surface area contributed by atoms with Crippen LogP contribution in [0.2, 0.25) is 0 Å². The van der Waals surface area contributed by atoms with Crippen LogP contribution in [0.5, 0.6) is 5.75 Å². The van der Waals surface area contributed by atoms with E-state index in [1.807, 2.05) is 45.0 Å². The van der Waals surface area contributed by atoms with Gasteiger partial charge >= 0.3 is 11.9 Å². The molecule has 1 aromatic heterocycles. The molecule has 2 rings (SSSR count). The number of benzene rings is 1. The van der Waals surface area contributed by atoms with Gasteiger partial charge in [0.25, 0.3) is 0 Å². The summed E-state index contributed by atoms with van der Waals surface area (Å²) in [4.78, 5) is 27.1. The smallest absolute Gasteiger partial charge is 0.355 e. The van der Waals surface area contributed by atoms with Crippen LogP contribution in [0.4, 0.5) is 0 Å². The van der Waals surface area contributed by atoms with Crippen molar-refractivity contribution in [2.45, 2.75) is 39.2 Å². The van der Waals surface area contributed by atoms with Crippen LogP contribution in [0.25, 0.3) is 11.1 Å². The Balaban J connectivity index is 2.42. The first-order valence-electron chi connectivity index (χ1n) is 8.40. The second-order valence-corrected chi connectivity index (χ2v) is 6.87. The summed E-state index contributed by atoms with van der Waals surface area (Å²) < 4.78 is 15.4. The molecule has 0 atom stereocenters. The van der Waals surface area contributed by atoms with Gasteiger partial charge in [0, 0.05) is 18.2 Å². The van der Waals surface area contributed by atoms with Gasteiger partial charge < -0.3 is 19.2 Å². The van der Waals surface area contributed by atoms with E-state index in [0.29, 0.717) is 12.1 Å². The second-order valence-electron chi connectivity index (χ2n) is 6.87. The number of aromatic amines is 1. The summed E-state index contributed by atoms with van der Waals surface area (Å²) in [6.07, 6.45) is 2.42. The lowest BCUT2D eigenvalue weighted by Gasteiger charge is -2.19. The van der Waals surface area contributed by atoms with E-state index in [4.69, 9.17) is 14.2 Å². The molecule has 0 amide bonds. The van der Waals surface area contributed by atoms with Gasteiger partial charge in [-0.1, -0.05) is 12.1 Å². The van der Waals surface area contributed by atoms with Crippen LogP contribution in [0.1, 0.15) is 43.2 Å². The maximum Gasteiger partial charge on any atom is 0.355 e. The van der Waals surface area contributed by atoms with Crippen molar-refractivity contribution in [1.29, 1.82) is 0 Å². The summed E-state index contributed by atoms with van der Waals surface area (Å²) in [7, 11) is 2.95. The van der Waals surface area contributed by atoms with Gasteiger partial charge in [0.15, 0.2) is 0 Å². The minimum atomic E-state index is -0.606. The Bertz CT molecular complexity index is 768.